The van der Waals surface area contributed by atoms with Gasteiger partial charge in [-0.3, -0.25) is 9.69 Å². The molecular formula is C16H31N3O2. The van der Waals surface area contributed by atoms with Crippen molar-refractivity contribution in [3.05, 3.63) is 0 Å². The maximum Gasteiger partial charge on any atom is 0.237 e. The van der Waals surface area contributed by atoms with Gasteiger partial charge in [-0.2, -0.15) is 0 Å². The fraction of sp³-hybridized carbons (Fsp3) is 0.938. The highest BCUT2D eigenvalue weighted by molar-refractivity contribution is 5.84. The summed E-state index contributed by atoms with van der Waals surface area (Å²) >= 11 is 0. The Labute approximate surface area is 128 Å². The highest BCUT2D eigenvalue weighted by Crippen LogP contribution is 2.28. The average molecular weight is 297 g/mol. The van der Waals surface area contributed by atoms with Crippen molar-refractivity contribution in [3.8, 4) is 0 Å². The molecule has 0 radical (unpaired) electrons. The third kappa shape index (κ3) is 4.18. The molecule has 0 spiro atoms. The van der Waals surface area contributed by atoms with Gasteiger partial charge in [0.25, 0.3) is 0 Å². The summed E-state index contributed by atoms with van der Waals surface area (Å²) in [6.45, 7) is 4.93. The number of nitrogens with two attached hydrogens (primary N) is 1. The second-order valence-corrected chi connectivity index (χ2v) is 6.70. The van der Waals surface area contributed by atoms with Crippen molar-refractivity contribution in [3.63, 3.8) is 0 Å². The van der Waals surface area contributed by atoms with Crippen molar-refractivity contribution >= 4 is 5.91 Å². The third-order valence-corrected chi connectivity index (χ3v) is 5.31. The second kappa shape index (κ2) is 7.56. The molecule has 2 fully saturated rings. The standard InChI is InChI=1S/C16H31N3O2/c1-16(18-2,15(17)20)9-5-6-10-19-11-12-21-14-8-4-3-7-13(14)19/h13-14,18H,3-12H2,1-2H3,(H2,17,20). The lowest BCUT2D eigenvalue weighted by molar-refractivity contribution is -0.123. The Morgan fingerprint density at radius 3 is 2.86 bits per heavy atom. The molecule has 1 aliphatic carbocycles. The first-order valence-corrected chi connectivity index (χ1v) is 8.41. The maximum absolute atomic E-state index is 11.5. The molecule has 1 heterocycles. The Hall–Kier alpha value is -0.650. The van der Waals surface area contributed by atoms with Crippen LogP contribution >= 0.6 is 0 Å². The van der Waals surface area contributed by atoms with Crippen LogP contribution in [0.15, 0.2) is 0 Å². The predicted molar refractivity (Wildman–Crippen MR) is 84.1 cm³/mol. The van der Waals surface area contributed by atoms with E-state index in [9.17, 15) is 4.79 Å². The number of likely N-dealkylation sites (N-methyl/N-ethyl adjacent to an activating group) is 1. The van der Waals surface area contributed by atoms with Crippen molar-refractivity contribution < 1.29 is 9.53 Å². The molecule has 1 saturated carbocycles. The van der Waals surface area contributed by atoms with Crippen LogP contribution in [0.4, 0.5) is 0 Å². The molecule has 3 N–H and O–H groups in total. The summed E-state index contributed by atoms with van der Waals surface area (Å²) in [5.74, 6) is -0.260. The van der Waals surface area contributed by atoms with Gasteiger partial charge < -0.3 is 15.8 Å². The highest BCUT2D eigenvalue weighted by Gasteiger charge is 2.34. The first kappa shape index (κ1) is 16.7. The zero-order valence-electron chi connectivity index (χ0n) is 13.6. The zero-order valence-corrected chi connectivity index (χ0v) is 13.6. The molecule has 0 aromatic carbocycles. The largest absolute Gasteiger partial charge is 0.375 e. The van der Waals surface area contributed by atoms with Crippen LogP contribution in [0.1, 0.15) is 51.9 Å². The van der Waals surface area contributed by atoms with Gasteiger partial charge in [-0.05, 0) is 52.6 Å². The second-order valence-electron chi connectivity index (χ2n) is 6.70. The summed E-state index contributed by atoms with van der Waals surface area (Å²) in [6.07, 6.45) is 8.55. The lowest BCUT2D eigenvalue weighted by atomic mass is 9.89. The monoisotopic (exact) mass is 297 g/mol. The number of ether oxygens (including phenoxy) is 1. The van der Waals surface area contributed by atoms with Gasteiger partial charge in [0.2, 0.25) is 5.91 Å². The molecule has 0 bridgehead atoms. The number of carbonyl (C=O) groups is 1. The molecule has 21 heavy (non-hydrogen) atoms. The van der Waals surface area contributed by atoms with Crippen LogP contribution in [0.3, 0.4) is 0 Å². The molecule has 0 aromatic rings. The summed E-state index contributed by atoms with van der Waals surface area (Å²) in [5.41, 5.74) is 4.89. The Morgan fingerprint density at radius 1 is 1.38 bits per heavy atom. The first-order chi connectivity index (χ1) is 10.1. The van der Waals surface area contributed by atoms with Gasteiger partial charge in [-0.25, -0.2) is 0 Å². The van der Waals surface area contributed by atoms with E-state index in [1.165, 1.54) is 25.7 Å². The Bertz CT molecular complexity index is 348. The van der Waals surface area contributed by atoms with E-state index >= 15 is 0 Å². The van der Waals surface area contributed by atoms with E-state index in [-0.39, 0.29) is 5.91 Å². The van der Waals surface area contributed by atoms with Gasteiger partial charge in [-0.15, -0.1) is 0 Å². The van der Waals surface area contributed by atoms with Gasteiger partial charge in [0.15, 0.2) is 0 Å². The average Bonchev–Trinajstić information content (AvgIpc) is 2.51. The number of hydrogen-bond acceptors (Lipinski definition) is 4. The summed E-state index contributed by atoms with van der Waals surface area (Å²) < 4.78 is 5.91. The van der Waals surface area contributed by atoms with Crippen LogP contribution in [-0.4, -0.2) is 55.2 Å². The molecule has 1 aliphatic heterocycles. The predicted octanol–water partition coefficient (Wildman–Crippen LogP) is 1.26. The SMILES string of the molecule is CNC(C)(CCCCN1CCOC2CCCCC21)C(N)=O. The van der Waals surface area contributed by atoms with E-state index in [0.717, 1.165) is 39.0 Å². The van der Waals surface area contributed by atoms with E-state index in [1.807, 2.05) is 6.92 Å². The fourth-order valence-electron chi connectivity index (χ4n) is 3.62. The number of amides is 1. The minimum atomic E-state index is -0.571. The number of rotatable bonds is 7. The van der Waals surface area contributed by atoms with E-state index in [1.54, 1.807) is 7.05 Å². The molecule has 1 amide bonds. The van der Waals surface area contributed by atoms with Crippen molar-refractivity contribution in [2.75, 3.05) is 26.7 Å². The van der Waals surface area contributed by atoms with Crippen LogP contribution in [0.2, 0.25) is 0 Å². The smallest absolute Gasteiger partial charge is 0.237 e. The summed E-state index contributed by atoms with van der Waals surface area (Å²) in [7, 11) is 1.80. The molecular weight excluding hydrogens is 266 g/mol. The van der Waals surface area contributed by atoms with Gasteiger partial charge in [-0.1, -0.05) is 12.8 Å². The van der Waals surface area contributed by atoms with E-state index in [4.69, 9.17) is 10.5 Å². The van der Waals surface area contributed by atoms with Crippen molar-refractivity contribution in [1.82, 2.24) is 10.2 Å². The first-order valence-electron chi connectivity index (χ1n) is 8.41. The summed E-state index contributed by atoms with van der Waals surface area (Å²) in [4.78, 5) is 14.1. The molecule has 3 unspecified atom stereocenters. The number of fused-ring (bicyclic) bond motifs is 1. The quantitative estimate of drug-likeness (QED) is 0.694. The number of nitrogens with one attached hydrogen (secondary N) is 1. The van der Waals surface area contributed by atoms with Crippen molar-refractivity contribution in [2.45, 2.75) is 69.6 Å². The molecule has 2 rings (SSSR count). The minimum Gasteiger partial charge on any atom is -0.375 e. The van der Waals surface area contributed by atoms with Gasteiger partial charge in [0, 0.05) is 12.6 Å². The molecule has 2 aliphatic rings. The lowest BCUT2D eigenvalue weighted by Crippen LogP contribution is -2.53. The van der Waals surface area contributed by atoms with E-state index in [2.05, 4.69) is 10.2 Å². The molecule has 0 aromatic heterocycles. The fourth-order valence-corrected chi connectivity index (χ4v) is 3.62. The Balaban J connectivity index is 1.74. The maximum atomic E-state index is 11.5. The number of nitrogens with zero attached hydrogens (tertiary/aromatic N) is 1. The molecule has 5 nitrogen and oxygen atoms in total. The minimum absolute atomic E-state index is 0.260. The normalized spacial score (nSPS) is 29.6. The Kier molecular flexibility index (Phi) is 6.02. The van der Waals surface area contributed by atoms with E-state index < -0.39 is 5.54 Å². The van der Waals surface area contributed by atoms with Crippen molar-refractivity contribution in [1.29, 1.82) is 0 Å². The summed E-state index contributed by atoms with van der Waals surface area (Å²) in [5, 5.41) is 3.05. The molecule has 122 valence electrons. The number of unbranched alkanes of at least 4 members (excludes halogenated alkanes) is 1. The zero-order chi connectivity index (χ0) is 15.3. The summed E-state index contributed by atoms with van der Waals surface area (Å²) in [6, 6.07) is 0.624. The van der Waals surface area contributed by atoms with Crippen LogP contribution in [-0.2, 0) is 9.53 Å². The van der Waals surface area contributed by atoms with Gasteiger partial charge >= 0.3 is 0 Å². The lowest BCUT2D eigenvalue weighted by Gasteiger charge is -2.44. The third-order valence-electron chi connectivity index (χ3n) is 5.31. The van der Waals surface area contributed by atoms with E-state index in [0.29, 0.717) is 12.1 Å². The molecule has 5 heteroatoms. The topological polar surface area (TPSA) is 67.6 Å². The number of hydrogen-bond donors (Lipinski definition) is 2. The van der Waals surface area contributed by atoms with Gasteiger partial charge in [0.05, 0.1) is 18.2 Å². The highest BCUT2D eigenvalue weighted by atomic mass is 16.5. The van der Waals surface area contributed by atoms with Crippen LogP contribution in [0.25, 0.3) is 0 Å². The van der Waals surface area contributed by atoms with Gasteiger partial charge in [0.1, 0.15) is 0 Å². The number of carbonyl (C=O) groups excluding carboxylic acids is 1. The van der Waals surface area contributed by atoms with Crippen molar-refractivity contribution in [2.24, 2.45) is 5.73 Å². The van der Waals surface area contributed by atoms with Crippen LogP contribution < -0.4 is 11.1 Å². The van der Waals surface area contributed by atoms with Crippen LogP contribution in [0, 0.1) is 0 Å². The van der Waals surface area contributed by atoms with Crippen LogP contribution in [0.5, 0.6) is 0 Å². The number of morpholine rings is 1. The molecule has 3 atom stereocenters. The molecule has 1 saturated heterocycles. The number of primary amides is 1. The Morgan fingerprint density at radius 2 is 2.14 bits per heavy atom.